The van der Waals surface area contributed by atoms with Crippen LogP contribution in [0.1, 0.15) is 32.1 Å². The van der Waals surface area contributed by atoms with Crippen molar-refractivity contribution in [2.45, 2.75) is 38.2 Å². The van der Waals surface area contributed by atoms with Crippen LogP contribution in [0.15, 0.2) is 18.2 Å². The minimum Gasteiger partial charge on any atom is -0.393 e. The summed E-state index contributed by atoms with van der Waals surface area (Å²) in [4.78, 5) is 13.9. The molecule has 0 saturated heterocycles. The van der Waals surface area contributed by atoms with Gasteiger partial charge in [0.05, 0.1) is 6.10 Å². The van der Waals surface area contributed by atoms with Gasteiger partial charge < -0.3 is 15.3 Å². The Bertz CT molecular complexity index is 519. The lowest BCUT2D eigenvalue weighted by Gasteiger charge is -2.31. The first kappa shape index (κ1) is 17.8. The lowest BCUT2D eigenvalue weighted by molar-refractivity contribution is -0.116. The zero-order valence-corrected chi connectivity index (χ0v) is 13.4. The second-order valence-electron chi connectivity index (χ2n) is 6.33. The summed E-state index contributed by atoms with van der Waals surface area (Å²) in [6.07, 6.45) is 4.06. The molecule has 23 heavy (non-hydrogen) atoms. The van der Waals surface area contributed by atoms with Gasteiger partial charge in [-0.2, -0.15) is 0 Å². The van der Waals surface area contributed by atoms with Gasteiger partial charge in [0.15, 0.2) is 0 Å². The number of amides is 1. The molecule has 0 spiro atoms. The van der Waals surface area contributed by atoms with Crippen LogP contribution in [-0.4, -0.2) is 42.2 Å². The molecule has 2 rings (SSSR count). The molecule has 2 N–H and O–H groups in total. The summed E-state index contributed by atoms with van der Waals surface area (Å²) in [6.45, 7) is 1.29. The highest BCUT2D eigenvalue weighted by Crippen LogP contribution is 2.24. The molecule has 1 aromatic carbocycles. The summed E-state index contributed by atoms with van der Waals surface area (Å²) in [6, 6.07) is 2.94. The maximum atomic E-state index is 13.1. The Hall–Kier alpha value is -1.53. The summed E-state index contributed by atoms with van der Waals surface area (Å²) >= 11 is 0. The third kappa shape index (κ3) is 5.88. The zero-order valence-electron chi connectivity index (χ0n) is 13.4. The van der Waals surface area contributed by atoms with Crippen molar-refractivity contribution < 1.29 is 18.7 Å². The van der Waals surface area contributed by atoms with E-state index in [-0.39, 0.29) is 30.0 Å². The number of anilines is 1. The summed E-state index contributed by atoms with van der Waals surface area (Å²) in [7, 11) is 1.91. The highest BCUT2D eigenvalue weighted by Gasteiger charge is 2.24. The number of hydrogen-bond acceptors (Lipinski definition) is 3. The van der Waals surface area contributed by atoms with Crippen LogP contribution in [0.2, 0.25) is 0 Å². The van der Waals surface area contributed by atoms with Gasteiger partial charge in [-0.05, 0) is 37.9 Å². The largest absolute Gasteiger partial charge is 0.393 e. The van der Waals surface area contributed by atoms with Crippen LogP contribution in [0, 0.1) is 17.6 Å². The van der Waals surface area contributed by atoms with E-state index >= 15 is 0 Å². The predicted molar refractivity (Wildman–Crippen MR) is 85.1 cm³/mol. The van der Waals surface area contributed by atoms with Gasteiger partial charge in [-0.3, -0.25) is 4.79 Å². The van der Waals surface area contributed by atoms with Gasteiger partial charge >= 0.3 is 0 Å². The number of hydrogen-bond donors (Lipinski definition) is 2. The molecule has 0 radical (unpaired) electrons. The SMILES string of the molecule is CN(CCC(=O)Nc1cc(F)cc(F)c1)CC1CCCCC1O. The van der Waals surface area contributed by atoms with E-state index < -0.39 is 11.6 Å². The molecule has 6 heteroatoms. The van der Waals surface area contributed by atoms with Crippen molar-refractivity contribution in [3.63, 3.8) is 0 Å². The highest BCUT2D eigenvalue weighted by atomic mass is 19.1. The molecular weight excluding hydrogens is 302 g/mol. The number of halogens is 2. The molecule has 1 aliphatic carbocycles. The lowest BCUT2D eigenvalue weighted by Crippen LogP contribution is -2.36. The maximum Gasteiger partial charge on any atom is 0.225 e. The van der Waals surface area contributed by atoms with Crippen molar-refractivity contribution in [3.05, 3.63) is 29.8 Å². The van der Waals surface area contributed by atoms with E-state index in [1.165, 1.54) is 0 Å². The minimum atomic E-state index is -0.719. The van der Waals surface area contributed by atoms with E-state index in [9.17, 15) is 18.7 Å². The number of carbonyl (C=O) groups excluding carboxylic acids is 1. The van der Waals surface area contributed by atoms with Crippen molar-refractivity contribution in [1.82, 2.24) is 4.90 Å². The monoisotopic (exact) mass is 326 g/mol. The Morgan fingerprint density at radius 1 is 1.26 bits per heavy atom. The molecule has 1 aliphatic rings. The van der Waals surface area contributed by atoms with Gasteiger partial charge in [0.1, 0.15) is 11.6 Å². The van der Waals surface area contributed by atoms with E-state index in [2.05, 4.69) is 5.32 Å². The van der Waals surface area contributed by atoms with Gasteiger partial charge in [-0.1, -0.05) is 12.8 Å². The van der Waals surface area contributed by atoms with Crippen molar-refractivity contribution >= 4 is 11.6 Å². The number of aliphatic hydroxyl groups is 1. The number of aliphatic hydroxyl groups excluding tert-OH is 1. The molecule has 2 atom stereocenters. The number of benzene rings is 1. The maximum absolute atomic E-state index is 13.1. The number of nitrogens with zero attached hydrogens (tertiary/aromatic N) is 1. The molecule has 0 bridgehead atoms. The average Bonchev–Trinajstić information content (AvgIpc) is 2.46. The minimum absolute atomic E-state index is 0.123. The molecule has 128 valence electrons. The first-order chi connectivity index (χ1) is 10.9. The molecule has 1 fully saturated rings. The van der Waals surface area contributed by atoms with Crippen molar-refractivity contribution in [1.29, 1.82) is 0 Å². The van der Waals surface area contributed by atoms with E-state index in [0.29, 0.717) is 6.54 Å². The number of rotatable bonds is 6. The van der Waals surface area contributed by atoms with Crippen LogP contribution >= 0.6 is 0 Å². The summed E-state index contributed by atoms with van der Waals surface area (Å²) < 4.78 is 26.1. The third-order valence-corrected chi connectivity index (χ3v) is 4.28. The van der Waals surface area contributed by atoms with Crippen LogP contribution in [0.5, 0.6) is 0 Å². The Morgan fingerprint density at radius 2 is 1.91 bits per heavy atom. The Kier molecular flexibility index (Phi) is 6.47. The molecule has 0 aliphatic heterocycles. The van der Waals surface area contributed by atoms with Crippen molar-refractivity contribution in [3.8, 4) is 0 Å². The van der Waals surface area contributed by atoms with E-state index in [1.807, 2.05) is 11.9 Å². The van der Waals surface area contributed by atoms with E-state index in [1.54, 1.807) is 0 Å². The zero-order chi connectivity index (χ0) is 16.8. The van der Waals surface area contributed by atoms with Gasteiger partial charge in [-0.15, -0.1) is 0 Å². The van der Waals surface area contributed by atoms with Crippen molar-refractivity contribution in [2.75, 3.05) is 25.5 Å². The quantitative estimate of drug-likeness (QED) is 0.845. The van der Waals surface area contributed by atoms with E-state index in [4.69, 9.17) is 0 Å². The lowest BCUT2D eigenvalue weighted by atomic mass is 9.86. The highest BCUT2D eigenvalue weighted by molar-refractivity contribution is 5.90. The van der Waals surface area contributed by atoms with Crippen LogP contribution in [0.25, 0.3) is 0 Å². The molecule has 1 aromatic rings. The number of carbonyl (C=O) groups is 1. The van der Waals surface area contributed by atoms with Gasteiger partial charge in [0, 0.05) is 31.3 Å². The van der Waals surface area contributed by atoms with Gasteiger partial charge in [0.2, 0.25) is 5.91 Å². The summed E-state index contributed by atoms with van der Waals surface area (Å²) in [5.74, 6) is -1.47. The second-order valence-corrected chi connectivity index (χ2v) is 6.33. The topological polar surface area (TPSA) is 52.6 Å². The second kappa shape index (κ2) is 8.36. The van der Waals surface area contributed by atoms with Crippen molar-refractivity contribution in [2.24, 2.45) is 5.92 Å². The smallest absolute Gasteiger partial charge is 0.225 e. The van der Waals surface area contributed by atoms with Gasteiger partial charge in [0.25, 0.3) is 0 Å². The van der Waals surface area contributed by atoms with Crippen LogP contribution in [0.3, 0.4) is 0 Å². The van der Waals surface area contributed by atoms with Crippen LogP contribution in [0.4, 0.5) is 14.5 Å². The fourth-order valence-electron chi connectivity index (χ4n) is 3.03. The van der Waals surface area contributed by atoms with Crippen LogP contribution < -0.4 is 5.32 Å². The first-order valence-electron chi connectivity index (χ1n) is 8.06. The molecule has 0 aromatic heterocycles. The Labute approximate surface area is 135 Å². The average molecular weight is 326 g/mol. The van der Waals surface area contributed by atoms with Crippen LogP contribution in [-0.2, 0) is 4.79 Å². The molecule has 2 unspecified atom stereocenters. The Balaban J connectivity index is 1.75. The molecule has 1 amide bonds. The molecular formula is C17H24F2N2O2. The molecule has 1 saturated carbocycles. The van der Waals surface area contributed by atoms with Gasteiger partial charge in [-0.25, -0.2) is 8.78 Å². The molecule has 0 heterocycles. The fraction of sp³-hybridized carbons (Fsp3) is 0.588. The molecule has 4 nitrogen and oxygen atoms in total. The summed E-state index contributed by atoms with van der Waals surface area (Å²) in [5.41, 5.74) is 0.123. The third-order valence-electron chi connectivity index (χ3n) is 4.28. The number of nitrogens with one attached hydrogen (secondary N) is 1. The fourth-order valence-corrected chi connectivity index (χ4v) is 3.03. The first-order valence-corrected chi connectivity index (χ1v) is 8.06. The Morgan fingerprint density at radius 3 is 2.57 bits per heavy atom. The summed E-state index contributed by atoms with van der Waals surface area (Å²) in [5, 5.41) is 12.5. The standard InChI is InChI=1S/C17H24F2N2O2/c1-21(11-12-4-2-3-5-16(12)22)7-6-17(23)20-15-9-13(18)8-14(19)10-15/h8-10,12,16,22H,2-7,11H2,1H3,(H,20,23). The van der Waals surface area contributed by atoms with E-state index in [0.717, 1.165) is 50.4 Å². The predicted octanol–water partition coefficient (Wildman–Crippen LogP) is 2.78. The normalized spacial score (nSPS) is 21.4.